The fraction of sp³-hybridized carbons (Fsp3) is 0.154. The predicted molar refractivity (Wildman–Crippen MR) is 124 cm³/mol. The standard InChI is InChI=1S/C26H19N3O2S/c1-30-24-13-12-23-25(28-24)26(16-31-23)19-6-2-4-8-21(19)29(22-9-5-3-7-20(22)26)15-18-11-10-17(14-27)32-18/h2-13H,15-16H2,1H3. The van der Waals surface area contributed by atoms with E-state index in [1.54, 1.807) is 7.11 Å². The van der Waals surface area contributed by atoms with E-state index in [9.17, 15) is 5.26 Å². The van der Waals surface area contributed by atoms with Crippen LogP contribution in [-0.4, -0.2) is 18.7 Å². The van der Waals surface area contributed by atoms with Gasteiger partial charge in [0.25, 0.3) is 0 Å². The van der Waals surface area contributed by atoms with Gasteiger partial charge in [-0.1, -0.05) is 36.4 Å². The average molecular weight is 438 g/mol. The molecular weight excluding hydrogens is 418 g/mol. The molecule has 0 atom stereocenters. The van der Waals surface area contributed by atoms with Crippen molar-refractivity contribution in [3.8, 4) is 17.7 Å². The predicted octanol–water partition coefficient (Wildman–Crippen LogP) is 5.40. The second kappa shape index (κ2) is 7.11. The Kier molecular flexibility index (Phi) is 4.20. The number of ether oxygens (including phenoxy) is 2. The van der Waals surface area contributed by atoms with Gasteiger partial charge in [-0.3, -0.25) is 0 Å². The molecule has 2 aliphatic heterocycles. The fourth-order valence-corrected chi connectivity index (χ4v) is 5.69. The zero-order valence-electron chi connectivity index (χ0n) is 17.4. The first-order valence-corrected chi connectivity index (χ1v) is 11.2. The van der Waals surface area contributed by atoms with Gasteiger partial charge in [0.1, 0.15) is 34.4 Å². The molecule has 2 aromatic carbocycles. The highest BCUT2D eigenvalue weighted by molar-refractivity contribution is 7.12. The molecule has 1 spiro atoms. The molecule has 0 bridgehead atoms. The molecule has 6 rings (SSSR count). The average Bonchev–Trinajstić information content (AvgIpc) is 3.47. The van der Waals surface area contributed by atoms with E-state index in [1.165, 1.54) is 11.3 Å². The second-order valence-electron chi connectivity index (χ2n) is 7.89. The van der Waals surface area contributed by atoms with Gasteiger partial charge in [0.2, 0.25) is 5.88 Å². The number of thiophene rings is 1. The van der Waals surface area contributed by atoms with Crippen molar-refractivity contribution in [1.29, 1.82) is 5.26 Å². The molecule has 0 N–H and O–H groups in total. The van der Waals surface area contributed by atoms with Crippen molar-refractivity contribution < 1.29 is 9.47 Å². The Labute approximate surface area is 190 Å². The number of fused-ring (bicyclic) bond motifs is 6. The summed E-state index contributed by atoms with van der Waals surface area (Å²) in [7, 11) is 1.64. The van der Waals surface area contributed by atoms with Crippen molar-refractivity contribution in [3.05, 3.63) is 99.4 Å². The number of benzene rings is 2. The summed E-state index contributed by atoms with van der Waals surface area (Å²) in [6.07, 6.45) is 0. The number of anilines is 2. The molecule has 0 saturated heterocycles. The highest BCUT2D eigenvalue weighted by Gasteiger charge is 2.51. The van der Waals surface area contributed by atoms with Gasteiger partial charge < -0.3 is 14.4 Å². The van der Waals surface area contributed by atoms with Crippen LogP contribution in [0, 0.1) is 11.3 Å². The van der Waals surface area contributed by atoms with E-state index < -0.39 is 5.41 Å². The van der Waals surface area contributed by atoms with Crippen LogP contribution in [0.15, 0.2) is 72.8 Å². The zero-order valence-corrected chi connectivity index (χ0v) is 18.2. The van der Waals surface area contributed by atoms with E-state index >= 15 is 0 Å². The number of hydrogen-bond donors (Lipinski definition) is 0. The summed E-state index contributed by atoms with van der Waals surface area (Å²) in [5.41, 5.74) is 4.95. The number of hydrogen-bond acceptors (Lipinski definition) is 6. The van der Waals surface area contributed by atoms with Crippen molar-refractivity contribution in [3.63, 3.8) is 0 Å². The zero-order chi connectivity index (χ0) is 21.7. The molecule has 2 aromatic heterocycles. The Hall–Kier alpha value is -3.82. The quantitative estimate of drug-likeness (QED) is 0.429. The summed E-state index contributed by atoms with van der Waals surface area (Å²) in [5, 5.41) is 9.26. The fourth-order valence-electron chi connectivity index (χ4n) is 4.89. The van der Waals surface area contributed by atoms with Gasteiger partial charge in [0, 0.05) is 22.3 Å². The largest absolute Gasteiger partial charge is 0.490 e. The van der Waals surface area contributed by atoms with E-state index in [2.05, 4.69) is 59.5 Å². The van der Waals surface area contributed by atoms with Crippen molar-refractivity contribution in [2.75, 3.05) is 18.6 Å². The van der Waals surface area contributed by atoms with Gasteiger partial charge in [-0.25, -0.2) is 4.98 Å². The maximum absolute atomic E-state index is 9.26. The molecule has 0 saturated carbocycles. The van der Waals surface area contributed by atoms with Crippen molar-refractivity contribution in [1.82, 2.24) is 4.98 Å². The molecular formula is C26H19N3O2S. The second-order valence-corrected chi connectivity index (χ2v) is 9.06. The molecule has 0 aliphatic carbocycles. The van der Waals surface area contributed by atoms with Gasteiger partial charge in [0.15, 0.2) is 0 Å². The number of para-hydroxylation sites is 2. The first kappa shape index (κ1) is 18.9. The van der Waals surface area contributed by atoms with Gasteiger partial charge >= 0.3 is 0 Å². The lowest BCUT2D eigenvalue weighted by atomic mass is 9.69. The minimum absolute atomic E-state index is 0.488. The SMILES string of the molecule is COc1ccc2c(n1)C1(CO2)c2ccccc2N(Cc2ccc(C#N)s2)c2ccccc21. The Bertz CT molecular complexity index is 1340. The maximum atomic E-state index is 9.26. The summed E-state index contributed by atoms with van der Waals surface area (Å²) in [4.78, 5) is 9.07. The van der Waals surface area contributed by atoms with Gasteiger partial charge in [-0.2, -0.15) is 5.26 Å². The number of nitriles is 1. The van der Waals surface area contributed by atoms with Gasteiger partial charge in [-0.15, -0.1) is 11.3 Å². The summed E-state index contributed by atoms with van der Waals surface area (Å²) in [5.74, 6) is 1.37. The van der Waals surface area contributed by atoms with Crippen molar-refractivity contribution >= 4 is 22.7 Å². The van der Waals surface area contributed by atoms with Crippen LogP contribution in [0.4, 0.5) is 11.4 Å². The third-order valence-electron chi connectivity index (χ3n) is 6.29. The minimum atomic E-state index is -0.513. The smallest absolute Gasteiger partial charge is 0.213 e. The third kappa shape index (κ3) is 2.58. The Morgan fingerprint density at radius 1 is 1.03 bits per heavy atom. The Morgan fingerprint density at radius 3 is 2.41 bits per heavy atom. The highest BCUT2D eigenvalue weighted by Crippen LogP contribution is 2.56. The van der Waals surface area contributed by atoms with Crippen LogP contribution in [0.2, 0.25) is 0 Å². The van der Waals surface area contributed by atoms with Crippen LogP contribution in [0.3, 0.4) is 0 Å². The van der Waals surface area contributed by atoms with Crippen molar-refractivity contribution in [2.24, 2.45) is 0 Å². The van der Waals surface area contributed by atoms with E-state index in [0.717, 1.165) is 43.7 Å². The Morgan fingerprint density at radius 2 is 1.75 bits per heavy atom. The first-order chi connectivity index (χ1) is 15.7. The number of pyridine rings is 1. The third-order valence-corrected chi connectivity index (χ3v) is 7.26. The van der Waals surface area contributed by atoms with Gasteiger partial charge in [0.05, 0.1) is 13.7 Å². The highest BCUT2D eigenvalue weighted by atomic mass is 32.1. The minimum Gasteiger partial charge on any atom is -0.490 e. The van der Waals surface area contributed by atoms with E-state index in [-0.39, 0.29) is 0 Å². The molecule has 4 heterocycles. The molecule has 32 heavy (non-hydrogen) atoms. The molecule has 2 aliphatic rings. The molecule has 0 radical (unpaired) electrons. The molecule has 6 heteroatoms. The first-order valence-electron chi connectivity index (χ1n) is 10.4. The lowest BCUT2D eigenvalue weighted by Gasteiger charge is -2.42. The van der Waals surface area contributed by atoms with E-state index in [0.29, 0.717) is 19.0 Å². The normalized spacial score (nSPS) is 14.8. The van der Waals surface area contributed by atoms with Crippen LogP contribution >= 0.6 is 11.3 Å². The van der Waals surface area contributed by atoms with Gasteiger partial charge in [-0.05, 0) is 41.5 Å². The van der Waals surface area contributed by atoms with Crippen LogP contribution in [0.25, 0.3) is 0 Å². The lowest BCUT2D eigenvalue weighted by molar-refractivity contribution is 0.311. The molecule has 0 unspecified atom stereocenters. The monoisotopic (exact) mass is 437 g/mol. The number of aromatic nitrogens is 1. The number of methoxy groups -OCH3 is 1. The van der Waals surface area contributed by atoms with E-state index in [1.807, 2.05) is 24.3 Å². The molecule has 156 valence electrons. The van der Waals surface area contributed by atoms with Crippen LogP contribution in [0.1, 0.15) is 26.6 Å². The van der Waals surface area contributed by atoms with E-state index in [4.69, 9.17) is 14.5 Å². The summed E-state index contributed by atoms with van der Waals surface area (Å²) in [6, 6.07) is 26.9. The molecule has 0 amide bonds. The number of nitrogens with zero attached hydrogens (tertiary/aromatic N) is 3. The summed E-state index contributed by atoms with van der Waals surface area (Å²) in [6.45, 7) is 1.18. The molecule has 5 nitrogen and oxygen atoms in total. The van der Waals surface area contributed by atoms with Crippen LogP contribution in [0.5, 0.6) is 11.6 Å². The summed E-state index contributed by atoms with van der Waals surface area (Å²) >= 11 is 1.54. The molecule has 0 fully saturated rings. The summed E-state index contributed by atoms with van der Waals surface area (Å²) < 4.78 is 11.7. The van der Waals surface area contributed by atoms with Crippen LogP contribution in [-0.2, 0) is 12.0 Å². The lowest BCUT2D eigenvalue weighted by Crippen LogP contribution is -2.39. The maximum Gasteiger partial charge on any atom is 0.213 e. The topological polar surface area (TPSA) is 58.4 Å². The number of rotatable bonds is 3. The molecule has 4 aromatic rings. The van der Waals surface area contributed by atoms with Crippen molar-refractivity contribution in [2.45, 2.75) is 12.0 Å². The van der Waals surface area contributed by atoms with Crippen LogP contribution < -0.4 is 14.4 Å². The Balaban J connectivity index is 1.59.